The predicted octanol–water partition coefficient (Wildman–Crippen LogP) is 6.40. The summed E-state index contributed by atoms with van der Waals surface area (Å²) in [5.74, 6) is -5.81. The van der Waals surface area contributed by atoms with Crippen LogP contribution in [0.2, 0.25) is 0 Å². The molecule has 0 radical (unpaired) electrons. The van der Waals surface area contributed by atoms with Crippen LogP contribution in [0, 0.1) is 5.82 Å². The number of carbonyl (C=O) groups is 3. The van der Waals surface area contributed by atoms with E-state index in [9.17, 15) is 45.1 Å². The Kier molecular flexibility index (Phi) is 8.47. The summed E-state index contributed by atoms with van der Waals surface area (Å²) in [7, 11) is 0. The van der Waals surface area contributed by atoms with Gasteiger partial charge in [0.25, 0.3) is 5.91 Å². The molecule has 0 aliphatic rings. The smallest absolute Gasteiger partial charge is 0.385 e. The third-order valence-electron chi connectivity index (χ3n) is 5.69. The van der Waals surface area contributed by atoms with Gasteiger partial charge in [-0.15, -0.1) is 0 Å². The number of anilines is 2. The number of benzene rings is 2. The van der Waals surface area contributed by atoms with Gasteiger partial charge in [0.2, 0.25) is 0 Å². The number of hydrogen-bond acceptors (Lipinski definition) is 8. The second-order valence-electron chi connectivity index (χ2n) is 8.60. The SMILES string of the molecule is CC[C@H](NC(=O)c1ccc(-c2ccc(Nc3nc4ncc(C(F)(F)F)cc4s3)c(F)c2)cc1)C(=O)OC(=O)C(F)(F)F. The average molecular weight is 614 g/mol. The third kappa shape index (κ3) is 6.99. The van der Waals surface area contributed by atoms with E-state index in [2.05, 4.69) is 25.3 Å². The molecule has 8 nitrogen and oxygen atoms in total. The molecule has 220 valence electrons. The van der Waals surface area contributed by atoms with Crippen LogP contribution in [0.15, 0.2) is 54.7 Å². The van der Waals surface area contributed by atoms with Crippen molar-refractivity contribution in [2.24, 2.45) is 0 Å². The molecule has 0 bridgehead atoms. The van der Waals surface area contributed by atoms with E-state index in [1.807, 2.05) is 0 Å². The maximum atomic E-state index is 14.9. The molecule has 1 atom stereocenters. The van der Waals surface area contributed by atoms with Gasteiger partial charge in [-0.25, -0.2) is 19.0 Å². The molecule has 2 N–H and O–H groups in total. The van der Waals surface area contributed by atoms with Gasteiger partial charge >= 0.3 is 24.3 Å². The van der Waals surface area contributed by atoms with Gasteiger partial charge in [-0.1, -0.05) is 36.5 Å². The highest BCUT2D eigenvalue weighted by molar-refractivity contribution is 7.22. The van der Waals surface area contributed by atoms with E-state index in [4.69, 9.17) is 0 Å². The lowest BCUT2D eigenvalue weighted by atomic mass is 10.0. The Bertz CT molecular complexity index is 1650. The fourth-order valence-electron chi connectivity index (χ4n) is 3.54. The molecule has 0 aliphatic carbocycles. The fraction of sp³-hybridized carbons (Fsp3) is 0.192. The van der Waals surface area contributed by atoms with Gasteiger partial charge in [0.1, 0.15) is 11.9 Å². The van der Waals surface area contributed by atoms with Crippen LogP contribution in [0.25, 0.3) is 21.5 Å². The Morgan fingerprint density at radius 3 is 2.24 bits per heavy atom. The topological polar surface area (TPSA) is 110 Å². The summed E-state index contributed by atoms with van der Waals surface area (Å²) in [5.41, 5.74) is 0.00730. The molecule has 2 aromatic carbocycles. The molecule has 2 aromatic heterocycles. The zero-order valence-electron chi connectivity index (χ0n) is 21.1. The molecule has 2 heterocycles. The first-order chi connectivity index (χ1) is 19.7. The molecule has 0 spiro atoms. The van der Waals surface area contributed by atoms with Gasteiger partial charge in [-0.05, 0) is 47.9 Å². The van der Waals surface area contributed by atoms with E-state index in [0.717, 1.165) is 17.4 Å². The number of aromatic nitrogens is 2. The number of nitrogens with one attached hydrogen (secondary N) is 2. The Morgan fingerprint density at radius 2 is 1.64 bits per heavy atom. The molecular formula is C26H17F7N4O4S. The summed E-state index contributed by atoms with van der Waals surface area (Å²) >= 11 is 0.862. The molecule has 0 aliphatic heterocycles. The zero-order chi connectivity index (χ0) is 30.8. The molecule has 4 rings (SSSR count). The van der Waals surface area contributed by atoms with Crippen LogP contribution in [0.5, 0.6) is 0 Å². The summed E-state index contributed by atoms with van der Waals surface area (Å²) < 4.78 is 94.6. The van der Waals surface area contributed by atoms with E-state index >= 15 is 0 Å². The van der Waals surface area contributed by atoms with E-state index < -0.39 is 47.6 Å². The Balaban J connectivity index is 1.43. The van der Waals surface area contributed by atoms with Crippen LogP contribution in [0.4, 0.5) is 41.6 Å². The first-order valence-corrected chi connectivity index (χ1v) is 12.6. The number of ether oxygens (including phenoxy) is 1. The van der Waals surface area contributed by atoms with Crippen molar-refractivity contribution in [1.29, 1.82) is 0 Å². The van der Waals surface area contributed by atoms with Crippen molar-refractivity contribution in [2.75, 3.05) is 5.32 Å². The maximum absolute atomic E-state index is 14.9. The van der Waals surface area contributed by atoms with Crippen LogP contribution < -0.4 is 10.6 Å². The number of carbonyl (C=O) groups excluding carboxylic acids is 3. The van der Waals surface area contributed by atoms with E-state index in [1.54, 1.807) is 0 Å². The van der Waals surface area contributed by atoms with Crippen LogP contribution in [0.1, 0.15) is 29.3 Å². The lowest BCUT2D eigenvalue weighted by Gasteiger charge is -2.16. The highest BCUT2D eigenvalue weighted by Gasteiger charge is 2.43. The number of nitrogens with zero attached hydrogens (tertiary/aromatic N) is 2. The summed E-state index contributed by atoms with van der Waals surface area (Å²) in [6, 6.07) is 9.05. The summed E-state index contributed by atoms with van der Waals surface area (Å²) in [4.78, 5) is 43.0. The second kappa shape index (κ2) is 11.7. The predicted molar refractivity (Wildman–Crippen MR) is 136 cm³/mol. The van der Waals surface area contributed by atoms with Crippen LogP contribution >= 0.6 is 11.3 Å². The minimum Gasteiger partial charge on any atom is -0.385 e. The number of rotatable bonds is 7. The van der Waals surface area contributed by atoms with Gasteiger partial charge < -0.3 is 15.4 Å². The van der Waals surface area contributed by atoms with Gasteiger partial charge in [-0.3, -0.25) is 4.79 Å². The monoisotopic (exact) mass is 614 g/mol. The third-order valence-corrected chi connectivity index (χ3v) is 6.60. The first-order valence-electron chi connectivity index (χ1n) is 11.8. The minimum atomic E-state index is -5.38. The maximum Gasteiger partial charge on any atom is 0.491 e. The summed E-state index contributed by atoms with van der Waals surface area (Å²) in [6.07, 6.45) is -9.45. The number of fused-ring (bicyclic) bond motifs is 1. The van der Waals surface area contributed by atoms with Gasteiger partial charge in [0, 0.05) is 11.8 Å². The zero-order valence-corrected chi connectivity index (χ0v) is 21.9. The van der Waals surface area contributed by atoms with Crippen LogP contribution in [-0.4, -0.2) is 40.0 Å². The summed E-state index contributed by atoms with van der Waals surface area (Å²) in [5, 5.41) is 5.03. The molecule has 0 unspecified atom stereocenters. The van der Waals surface area contributed by atoms with Crippen molar-refractivity contribution < 1.29 is 49.9 Å². The number of hydrogen-bond donors (Lipinski definition) is 2. The molecule has 42 heavy (non-hydrogen) atoms. The second-order valence-corrected chi connectivity index (χ2v) is 9.63. The molecule has 0 fully saturated rings. The fourth-order valence-corrected chi connectivity index (χ4v) is 4.42. The Morgan fingerprint density at radius 1 is 0.976 bits per heavy atom. The minimum absolute atomic E-state index is 0.00801. The van der Waals surface area contributed by atoms with Gasteiger partial charge in [0.05, 0.1) is 16.0 Å². The van der Waals surface area contributed by atoms with Crippen LogP contribution in [-0.2, 0) is 20.5 Å². The lowest BCUT2D eigenvalue weighted by Crippen LogP contribution is -2.43. The molecular weight excluding hydrogens is 597 g/mol. The summed E-state index contributed by atoms with van der Waals surface area (Å²) in [6.45, 7) is 1.39. The standard InChI is InChI=1S/C26H17F7N4O4S/c1-2-17(22(39)41-23(40)26(31,32)33)35-21(38)13-5-3-12(4-6-13)14-7-8-18(16(27)9-14)36-24-37-20-19(42-24)10-15(11-34-20)25(28,29)30/h3-11,17H,2H2,1H3,(H,35,38)(H,34,36,37)/t17-/m0/s1. The Hall–Kier alpha value is -4.60. The molecule has 1 amide bonds. The van der Waals surface area contributed by atoms with E-state index in [1.165, 1.54) is 49.4 Å². The average Bonchev–Trinajstić information content (AvgIpc) is 3.33. The number of amides is 1. The van der Waals surface area contributed by atoms with Crippen molar-refractivity contribution >= 4 is 50.3 Å². The normalized spacial score (nSPS) is 12.6. The number of alkyl halides is 6. The first kappa shape index (κ1) is 30.4. The number of thiazole rings is 1. The number of pyridine rings is 1. The molecule has 0 saturated carbocycles. The van der Waals surface area contributed by atoms with Crippen molar-refractivity contribution in [3.63, 3.8) is 0 Å². The molecule has 4 aromatic rings. The lowest BCUT2D eigenvalue weighted by molar-refractivity contribution is -0.202. The van der Waals surface area contributed by atoms with E-state index in [0.29, 0.717) is 17.3 Å². The highest BCUT2D eigenvalue weighted by atomic mass is 32.1. The van der Waals surface area contributed by atoms with E-state index in [-0.39, 0.29) is 33.2 Å². The number of halogens is 7. The number of esters is 2. The highest BCUT2D eigenvalue weighted by Crippen LogP contribution is 2.34. The quantitative estimate of drug-likeness (QED) is 0.141. The molecule has 0 saturated heterocycles. The van der Waals surface area contributed by atoms with Crippen molar-refractivity contribution in [3.8, 4) is 11.1 Å². The largest absolute Gasteiger partial charge is 0.491 e. The van der Waals surface area contributed by atoms with Crippen LogP contribution in [0.3, 0.4) is 0 Å². The van der Waals surface area contributed by atoms with Crippen molar-refractivity contribution in [1.82, 2.24) is 15.3 Å². The molecule has 16 heteroatoms. The van der Waals surface area contributed by atoms with Gasteiger partial charge in [-0.2, -0.15) is 31.3 Å². The van der Waals surface area contributed by atoms with Gasteiger partial charge in [0.15, 0.2) is 10.8 Å². The van der Waals surface area contributed by atoms with Crippen molar-refractivity contribution in [3.05, 3.63) is 71.7 Å². The Labute approximate surface area is 235 Å². The van der Waals surface area contributed by atoms with Crippen molar-refractivity contribution in [2.45, 2.75) is 31.7 Å².